The third kappa shape index (κ3) is 20.4. The number of guanidine groups is 1. The summed E-state index contributed by atoms with van der Waals surface area (Å²) in [6.45, 7) is 1.07. The van der Waals surface area contributed by atoms with E-state index in [9.17, 15) is 28.8 Å². The maximum atomic E-state index is 14.3. The summed E-state index contributed by atoms with van der Waals surface area (Å²) in [6, 6.07) is 4.19. The van der Waals surface area contributed by atoms with E-state index in [1.54, 1.807) is 18.3 Å². The summed E-state index contributed by atoms with van der Waals surface area (Å²) in [5.41, 5.74) is 42.0. The number of H-pyrrole nitrogens is 1. The molecule has 6 amide bonds. The highest BCUT2D eigenvalue weighted by atomic mass is 32.1. The number of unbranched alkanes of at least 4 members (excludes halogenated alkanes) is 3. The molecule has 22 heteroatoms. The Morgan fingerprint density at radius 2 is 1.27 bits per heavy atom. The van der Waals surface area contributed by atoms with Gasteiger partial charge in [0.1, 0.15) is 18.1 Å². The van der Waals surface area contributed by atoms with E-state index < -0.39 is 35.8 Å². The maximum absolute atomic E-state index is 14.3. The zero-order valence-corrected chi connectivity index (χ0v) is 38.0. The molecule has 2 aromatic rings. The van der Waals surface area contributed by atoms with Crippen molar-refractivity contribution in [3.8, 4) is 0 Å². The number of anilines is 1. The van der Waals surface area contributed by atoms with E-state index in [0.29, 0.717) is 75.8 Å². The van der Waals surface area contributed by atoms with Crippen LogP contribution in [0.2, 0.25) is 0 Å². The number of rotatable bonds is 34. The number of imidazole rings is 1. The minimum Gasteiger partial charge on any atom is -0.399 e. The molecule has 1 aromatic heterocycles. The van der Waals surface area contributed by atoms with Gasteiger partial charge < -0.3 is 70.5 Å². The van der Waals surface area contributed by atoms with Crippen LogP contribution >= 0.6 is 12.6 Å². The molecule has 0 unspecified atom stereocenters. The lowest BCUT2D eigenvalue weighted by Gasteiger charge is -2.33. The Balaban J connectivity index is 2.40. The molecule has 1 aromatic carbocycles. The molecule has 0 spiro atoms. The van der Waals surface area contributed by atoms with Gasteiger partial charge in [0.2, 0.25) is 35.4 Å². The molecule has 0 bridgehead atoms. The second kappa shape index (κ2) is 31.4. The Morgan fingerprint density at radius 1 is 0.688 bits per heavy atom. The fourth-order valence-electron chi connectivity index (χ4n) is 7.20. The lowest BCUT2D eigenvalue weighted by atomic mass is 10.0. The number of nitrogens with two attached hydrogens (primary N) is 7. The maximum Gasteiger partial charge on any atom is 0.243 e. The number of aliphatic imine (C=N–C) groups is 1. The van der Waals surface area contributed by atoms with Gasteiger partial charge in [0.05, 0.1) is 6.33 Å². The third-order valence-corrected chi connectivity index (χ3v) is 10.8. The van der Waals surface area contributed by atoms with E-state index in [1.807, 2.05) is 12.1 Å². The Kier molecular flexibility index (Phi) is 26.8. The first kappa shape index (κ1) is 54.7. The number of primary amides is 1. The van der Waals surface area contributed by atoms with E-state index in [-0.39, 0.29) is 107 Å². The Hall–Kier alpha value is -5.45. The van der Waals surface area contributed by atoms with Crippen LogP contribution in [0.15, 0.2) is 41.8 Å². The van der Waals surface area contributed by atoms with Gasteiger partial charge in [-0.1, -0.05) is 18.6 Å². The molecule has 1 heterocycles. The minimum atomic E-state index is -1.09. The number of nitrogens with zero attached hydrogens (tertiary/aromatic N) is 5. The first-order valence-electron chi connectivity index (χ1n) is 22.1. The first-order chi connectivity index (χ1) is 30.8. The molecule has 2 rings (SSSR count). The van der Waals surface area contributed by atoms with Crippen LogP contribution in [0.1, 0.15) is 81.9 Å². The zero-order valence-electron chi connectivity index (χ0n) is 37.1. The Bertz CT molecular complexity index is 1730. The minimum absolute atomic E-state index is 0.0392. The van der Waals surface area contributed by atoms with Gasteiger partial charge in [-0.15, -0.1) is 0 Å². The predicted molar refractivity (Wildman–Crippen MR) is 251 cm³/mol. The smallest absolute Gasteiger partial charge is 0.243 e. The topological polar surface area (TPSA) is 359 Å². The first-order valence-corrected chi connectivity index (χ1v) is 22.7. The summed E-state index contributed by atoms with van der Waals surface area (Å²) in [5.74, 6) is -2.48. The van der Waals surface area contributed by atoms with Gasteiger partial charge in [-0.05, 0) is 87.9 Å². The summed E-state index contributed by atoms with van der Waals surface area (Å²) in [4.78, 5) is 97.4. The summed E-state index contributed by atoms with van der Waals surface area (Å²) in [7, 11) is 0. The molecule has 3 atom stereocenters. The van der Waals surface area contributed by atoms with Crippen molar-refractivity contribution in [3.05, 3.63) is 48.0 Å². The Morgan fingerprint density at radius 3 is 1.84 bits per heavy atom. The molecule has 0 aliphatic heterocycles. The number of aromatic nitrogens is 2. The number of aryl methyl sites for hydroxylation is 1. The molecule has 0 radical (unpaired) electrons. The van der Waals surface area contributed by atoms with Crippen LogP contribution in [0.25, 0.3) is 0 Å². The number of thiol groups is 1. The molecular weight excluding hydrogens is 843 g/mol. The number of nitrogen functional groups attached to an aromatic ring is 1. The summed E-state index contributed by atoms with van der Waals surface area (Å²) >= 11 is 4.20. The summed E-state index contributed by atoms with van der Waals surface area (Å²) in [6.07, 6.45) is 7.70. The van der Waals surface area contributed by atoms with Crippen LogP contribution in [0.3, 0.4) is 0 Å². The average Bonchev–Trinajstić information content (AvgIpc) is 3.79. The molecule has 64 heavy (non-hydrogen) atoms. The fraction of sp³-hybridized carbons (Fsp3) is 0.619. The molecule has 0 saturated carbocycles. The van der Waals surface area contributed by atoms with Crippen LogP contribution < -0.4 is 50.8 Å². The molecule has 0 aliphatic carbocycles. The van der Waals surface area contributed by atoms with Crippen LogP contribution in [-0.2, 0) is 41.6 Å². The number of carbonyl (C=O) groups is 6. The highest BCUT2D eigenvalue weighted by Crippen LogP contribution is 2.16. The summed E-state index contributed by atoms with van der Waals surface area (Å²) in [5, 5.41) is 5.78. The summed E-state index contributed by atoms with van der Waals surface area (Å²) < 4.78 is 0. The van der Waals surface area contributed by atoms with Gasteiger partial charge in [-0.25, -0.2) is 4.98 Å². The van der Waals surface area contributed by atoms with Gasteiger partial charge in [-0.2, -0.15) is 12.6 Å². The molecule has 0 fully saturated rings. The van der Waals surface area contributed by atoms with Crippen molar-refractivity contribution in [2.24, 2.45) is 39.4 Å². The van der Waals surface area contributed by atoms with Crippen LogP contribution in [0.4, 0.5) is 5.69 Å². The van der Waals surface area contributed by atoms with Crippen molar-refractivity contribution in [3.63, 3.8) is 0 Å². The van der Waals surface area contributed by atoms with Gasteiger partial charge in [0, 0.05) is 89.1 Å². The van der Waals surface area contributed by atoms with E-state index >= 15 is 0 Å². The highest BCUT2D eigenvalue weighted by Gasteiger charge is 2.33. The van der Waals surface area contributed by atoms with Gasteiger partial charge >= 0.3 is 0 Å². The second-order valence-electron chi connectivity index (χ2n) is 15.4. The average molecular weight is 916 g/mol. The molecule has 358 valence electrons. The van der Waals surface area contributed by atoms with Gasteiger partial charge in [0.15, 0.2) is 5.96 Å². The van der Waals surface area contributed by atoms with E-state index in [0.717, 1.165) is 5.56 Å². The number of amides is 6. The molecule has 0 aliphatic rings. The van der Waals surface area contributed by atoms with Crippen molar-refractivity contribution < 1.29 is 28.8 Å². The molecule has 21 nitrogen and oxygen atoms in total. The number of hydrogen-bond acceptors (Lipinski definition) is 13. The number of aromatic amines is 1. The van der Waals surface area contributed by atoms with Crippen molar-refractivity contribution in [1.82, 2.24) is 35.3 Å². The van der Waals surface area contributed by atoms with Crippen molar-refractivity contribution in [2.75, 3.05) is 70.4 Å². The normalized spacial score (nSPS) is 12.4. The van der Waals surface area contributed by atoms with Crippen molar-refractivity contribution in [1.29, 1.82) is 0 Å². The lowest BCUT2D eigenvalue weighted by Crippen LogP contribution is -2.56. The van der Waals surface area contributed by atoms with Crippen molar-refractivity contribution in [2.45, 2.75) is 102 Å². The third-order valence-electron chi connectivity index (χ3n) is 10.6. The SMILES string of the molecule is NCCCCCC(=O)N(CCNC(=O)[C@H](CCCN=C(N)N)N(CCN)C(=O)CCS)[C@@H](Cc1cnc[nH]1)C(=O)NCCN(C(=O)CCc1ccc(N)cc1)[C@@H](CCCCN)C(N)=O. The molecule has 0 saturated heterocycles. The van der Waals surface area contributed by atoms with Crippen LogP contribution in [0, 0.1) is 0 Å². The van der Waals surface area contributed by atoms with Crippen LogP contribution in [0.5, 0.6) is 0 Å². The monoisotopic (exact) mass is 916 g/mol. The lowest BCUT2D eigenvalue weighted by molar-refractivity contribution is -0.142. The fourth-order valence-corrected chi connectivity index (χ4v) is 7.39. The van der Waals surface area contributed by atoms with E-state index in [1.165, 1.54) is 21.0 Å². The van der Waals surface area contributed by atoms with Crippen molar-refractivity contribution >= 4 is 59.7 Å². The van der Waals surface area contributed by atoms with Gasteiger partial charge in [0.25, 0.3) is 0 Å². The predicted octanol–water partition coefficient (Wildman–Crippen LogP) is -1.54. The molecule has 17 N–H and O–H groups in total. The van der Waals surface area contributed by atoms with E-state index in [4.69, 9.17) is 40.1 Å². The zero-order chi connectivity index (χ0) is 47.3. The highest BCUT2D eigenvalue weighted by molar-refractivity contribution is 7.80. The number of nitrogens with one attached hydrogen (secondary N) is 3. The second-order valence-corrected chi connectivity index (χ2v) is 15.9. The Labute approximate surface area is 382 Å². The number of hydrogen-bond donors (Lipinski definition) is 11. The number of carbonyl (C=O) groups excluding carboxylic acids is 6. The van der Waals surface area contributed by atoms with E-state index in [2.05, 4.69) is 38.2 Å². The largest absolute Gasteiger partial charge is 0.399 e. The number of benzene rings is 1. The van der Waals surface area contributed by atoms with Crippen LogP contribution in [-0.4, -0.2) is 149 Å². The standard InChI is InChI=1S/C42H73N15O6S/c43-17-4-1-2-9-36(58)57(25-22-51-40(62)34(8-6-20-53-42(48)49)55(23-19-45)38(60)16-26-64)35(27-32-28-50-29-54-32)41(63)52-21-24-56(33(39(47)61)7-3-5-18-44)37(59)15-12-30-10-13-31(46)14-11-30/h10-11,13-14,28-29,33-35,64H,1-9,12,15-27,43-46H2,(H2,47,61)(H,50,54)(H,51,62)(H,52,63)(H4,48,49,53)/t33-,34-,35-/m0/s1. The quantitative estimate of drug-likeness (QED) is 0.0125. The van der Waals surface area contributed by atoms with Gasteiger partial charge in [-0.3, -0.25) is 33.8 Å². The molecular formula is C42H73N15O6S.